The highest BCUT2D eigenvalue weighted by Crippen LogP contribution is 2.21. The molecule has 0 saturated heterocycles. The average Bonchev–Trinajstić information content (AvgIpc) is 2.89. The number of benzene rings is 2. The number of rotatable bonds is 5. The number of aryl methyl sites for hydroxylation is 1. The fourth-order valence-corrected chi connectivity index (χ4v) is 3.15. The van der Waals surface area contributed by atoms with Crippen LogP contribution in [0.2, 0.25) is 5.02 Å². The summed E-state index contributed by atoms with van der Waals surface area (Å²) in [5, 5.41) is 10.3. The number of nitrogens with zero attached hydrogens (tertiary/aromatic N) is 2. The molecule has 5 nitrogen and oxygen atoms in total. The first-order valence-corrected chi connectivity index (χ1v) is 8.74. The van der Waals surface area contributed by atoms with Crippen LogP contribution in [0.25, 0.3) is 11.4 Å². The number of carboxylic acids is 1. The van der Waals surface area contributed by atoms with Crippen molar-refractivity contribution in [2.45, 2.75) is 26.7 Å². The van der Waals surface area contributed by atoms with Gasteiger partial charge in [-0.25, -0.2) is 9.59 Å². The van der Waals surface area contributed by atoms with Gasteiger partial charge in [0.05, 0.1) is 17.1 Å². The van der Waals surface area contributed by atoms with Crippen LogP contribution in [0, 0.1) is 6.92 Å². The first-order valence-electron chi connectivity index (χ1n) is 8.37. The van der Waals surface area contributed by atoms with Crippen molar-refractivity contribution in [3.8, 4) is 11.4 Å². The summed E-state index contributed by atoms with van der Waals surface area (Å²) in [5.74, 6) is -1.13. The maximum Gasteiger partial charge on any atom is 0.354 e. The second kappa shape index (κ2) is 7.22. The lowest BCUT2D eigenvalue weighted by Gasteiger charge is -2.07. The van der Waals surface area contributed by atoms with E-state index in [0.29, 0.717) is 28.5 Å². The van der Waals surface area contributed by atoms with Crippen molar-refractivity contribution in [2.75, 3.05) is 0 Å². The molecule has 134 valence electrons. The van der Waals surface area contributed by atoms with Gasteiger partial charge in [0.25, 0.3) is 0 Å². The third kappa shape index (κ3) is 3.18. The highest BCUT2D eigenvalue weighted by atomic mass is 35.5. The third-order valence-corrected chi connectivity index (χ3v) is 4.47. The predicted molar refractivity (Wildman–Crippen MR) is 102 cm³/mol. The van der Waals surface area contributed by atoms with Crippen molar-refractivity contribution >= 4 is 17.6 Å². The van der Waals surface area contributed by atoms with Crippen LogP contribution >= 0.6 is 11.6 Å². The highest BCUT2D eigenvalue weighted by molar-refractivity contribution is 6.30. The average molecular weight is 371 g/mol. The number of carbonyl (C=O) groups is 1. The van der Waals surface area contributed by atoms with Gasteiger partial charge in [0.2, 0.25) is 0 Å². The number of hydrogen-bond donors (Lipinski definition) is 1. The van der Waals surface area contributed by atoms with Crippen molar-refractivity contribution in [3.63, 3.8) is 0 Å². The second-order valence-electron chi connectivity index (χ2n) is 6.12. The molecule has 2 aromatic carbocycles. The Morgan fingerprint density at radius 3 is 2.08 bits per heavy atom. The molecule has 0 spiro atoms. The molecule has 0 atom stereocenters. The van der Waals surface area contributed by atoms with E-state index in [0.717, 1.165) is 12.0 Å². The Morgan fingerprint density at radius 1 is 1.00 bits per heavy atom. The summed E-state index contributed by atoms with van der Waals surface area (Å²) in [6.45, 7) is 3.91. The molecular weight excluding hydrogens is 352 g/mol. The molecular formula is C20H19ClN2O3. The number of carboxylic acid groups (broad SMARTS) is 1. The molecule has 0 unspecified atom stereocenters. The number of aromatic nitrogens is 2. The molecule has 0 bridgehead atoms. The van der Waals surface area contributed by atoms with Gasteiger partial charge in [0, 0.05) is 5.02 Å². The van der Waals surface area contributed by atoms with Gasteiger partial charge < -0.3 is 5.11 Å². The topological polar surface area (TPSA) is 64.2 Å². The molecule has 0 aliphatic heterocycles. The van der Waals surface area contributed by atoms with Gasteiger partial charge >= 0.3 is 11.7 Å². The fourth-order valence-electron chi connectivity index (χ4n) is 3.02. The van der Waals surface area contributed by atoms with Crippen LogP contribution in [-0.4, -0.2) is 20.2 Å². The Labute approximate surface area is 156 Å². The normalized spacial score (nSPS) is 10.9. The van der Waals surface area contributed by atoms with E-state index in [1.165, 1.54) is 9.13 Å². The van der Waals surface area contributed by atoms with Gasteiger partial charge in [0.15, 0.2) is 5.69 Å². The SMILES string of the molecule is CCCc1c(C(=O)O)n(-c2ccc(Cl)cc2)c(=O)n1-c1ccc(C)cc1. The van der Waals surface area contributed by atoms with Gasteiger partial charge in [-0.1, -0.05) is 42.6 Å². The molecule has 0 amide bonds. The van der Waals surface area contributed by atoms with E-state index in [-0.39, 0.29) is 5.69 Å². The number of hydrogen-bond acceptors (Lipinski definition) is 2. The van der Waals surface area contributed by atoms with Crippen molar-refractivity contribution in [1.29, 1.82) is 0 Å². The van der Waals surface area contributed by atoms with E-state index in [2.05, 4.69) is 0 Å². The summed E-state index contributed by atoms with van der Waals surface area (Å²) in [5.41, 5.74) is 2.26. The smallest absolute Gasteiger partial charge is 0.354 e. The summed E-state index contributed by atoms with van der Waals surface area (Å²) in [6.07, 6.45) is 1.20. The Kier molecular flexibility index (Phi) is 5.00. The summed E-state index contributed by atoms with van der Waals surface area (Å²) in [7, 11) is 0. The zero-order chi connectivity index (χ0) is 18.8. The molecule has 3 aromatic rings. The van der Waals surface area contributed by atoms with Crippen LogP contribution in [0.4, 0.5) is 0 Å². The maximum absolute atomic E-state index is 13.2. The molecule has 0 fully saturated rings. The lowest BCUT2D eigenvalue weighted by Crippen LogP contribution is -2.24. The van der Waals surface area contributed by atoms with Gasteiger partial charge in [0.1, 0.15) is 0 Å². The van der Waals surface area contributed by atoms with Crippen molar-refractivity contribution in [1.82, 2.24) is 9.13 Å². The first kappa shape index (κ1) is 18.0. The fraction of sp³-hybridized carbons (Fsp3) is 0.200. The van der Waals surface area contributed by atoms with Crippen LogP contribution in [0.1, 0.15) is 35.1 Å². The number of halogens is 1. The zero-order valence-electron chi connectivity index (χ0n) is 14.6. The van der Waals surface area contributed by atoms with Crippen molar-refractivity contribution < 1.29 is 9.90 Å². The van der Waals surface area contributed by atoms with E-state index in [9.17, 15) is 14.7 Å². The molecule has 1 aromatic heterocycles. The minimum Gasteiger partial charge on any atom is -0.477 e. The number of aromatic carboxylic acids is 1. The van der Waals surface area contributed by atoms with E-state index < -0.39 is 11.7 Å². The van der Waals surface area contributed by atoms with Crippen LogP contribution in [0.5, 0.6) is 0 Å². The molecule has 1 heterocycles. The summed E-state index contributed by atoms with van der Waals surface area (Å²) in [4.78, 5) is 25.2. The molecule has 0 saturated carbocycles. The van der Waals surface area contributed by atoms with Gasteiger partial charge in [-0.2, -0.15) is 0 Å². The van der Waals surface area contributed by atoms with Gasteiger partial charge in [-0.3, -0.25) is 9.13 Å². The first-order chi connectivity index (χ1) is 12.4. The predicted octanol–water partition coefficient (Wildman–Crippen LogP) is 4.24. The molecule has 0 radical (unpaired) electrons. The zero-order valence-corrected chi connectivity index (χ0v) is 15.3. The van der Waals surface area contributed by atoms with Crippen molar-refractivity contribution in [3.05, 3.63) is 81.0 Å². The second-order valence-corrected chi connectivity index (χ2v) is 6.55. The van der Waals surface area contributed by atoms with Crippen molar-refractivity contribution in [2.24, 2.45) is 0 Å². The Morgan fingerprint density at radius 2 is 1.54 bits per heavy atom. The molecule has 26 heavy (non-hydrogen) atoms. The minimum atomic E-state index is -1.13. The summed E-state index contributed by atoms with van der Waals surface area (Å²) in [6, 6.07) is 14.0. The lowest BCUT2D eigenvalue weighted by molar-refractivity contribution is 0.0686. The molecule has 0 aliphatic rings. The van der Waals surface area contributed by atoms with E-state index in [1.807, 2.05) is 38.1 Å². The van der Waals surface area contributed by atoms with Gasteiger partial charge in [-0.05, 0) is 49.7 Å². The molecule has 6 heteroatoms. The lowest BCUT2D eigenvalue weighted by atomic mass is 10.1. The van der Waals surface area contributed by atoms with Crippen LogP contribution in [0.15, 0.2) is 53.3 Å². The Hall–Kier alpha value is -2.79. The van der Waals surface area contributed by atoms with Crippen LogP contribution in [0.3, 0.4) is 0 Å². The van der Waals surface area contributed by atoms with E-state index >= 15 is 0 Å². The quantitative estimate of drug-likeness (QED) is 0.730. The largest absolute Gasteiger partial charge is 0.477 e. The standard InChI is InChI=1S/C20H19ClN2O3/c1-3-4-17-18(19(24)25)23(16-11-7-14(21)8-12-16)20(26)22(17)15-9-5-13(2)6-10-15/h5-12H,3-4H2,1-2H3,(H,24,25). The summed E-state index contributed by atoms with van der Waals surface area (Å²) < 4.78 is 2.73. The van der Waals surface area contributed by atoms with E-state index in [4.69, 9.17) is 11.6 Å². The van der Waals surface area contributed by atoms with Crippen LogP contribution < -0.4 is 5.69 Å². The monoisotopic (exact) mass is 370 g/mol. The van der Waals surface area contributed by atoms with Crippen LogP contribution in [-0.2, 0) is 6.42 Å². The third-order valence-electron chi connectivity index (χ3n) is 4.22. The highest BCUT2D eigenvalue weighted by Gasteiger charge is 2.26. The Bertz CT molecular complexity index is 999. The number of imidazole rings is 1. The minimum absolute atomic E-state index is 0.0141. The van der Waals surface area contributed by atoms with Gasteiger partial charge in [-0.15, -0.1) is 0 Å². The molecule has 3 rings (SSSR count). The molecule has 0 aliphatic carbocycles. The maximum atomic E-state index is 13.2. The van der Waals surface area contributed by atoms with E-state index in [1.54, 1.807) is 24.3 Å². The summed E-state index contributed by atoms with van der Waals surface area (Å²) >= 11 is 5.93. The Balaban J connectivity index is 2.36. The molecule has 1 N–H and O–H groups in total.